The van der Waals surface area contributed by atoms with E-state index >= 15 is 0 Å². The summed E-state index contributed by atoms with van der Waals surface area (Å²) < 4.78 is 8.10. The Morgan fingerprint density at radius 1 is 1.29 bits per heavy atom. The summed E-state index contributed by atoms with van der Waals surface area (Å²) in [6.45, 7) is 11.3. The maximum Gasteiger partial charge on any atom is 0.194 e. The van der Waals surface area contributed by atoms with Gasteiger partial charge in [-0.25, -0.2) is 4.99 Å². The first-order valence-electron chi connectivity index (χ1n) is 10.5. The Balaban J connectivity index is 0.00000272. The van der Waals surface area contributed by atoms with Gasteiger partial charge in [-0.3, -0.25) is 4.90 Å². The van der Waals surface area contributed by atoms with Crippen LogP contribution in [0.3, 0.4) is 0 Å². The zero-order valence-corrected chi connectivity index (χ0v) is 20.6. The first-order chi connectivity index (χ1) is 14.7. The van der Waals surface area contributed by atoms with Crippen LogP contribution in [0.25, 0.3) is 0 Å². The molecule has 2 fully saturated rings. The monoisotopic (exact) mass is 537 g/mol. The second-order valence-electron chi connectivity index (χ2n) is 7.87. The van der Waals surface area contributed by atoms with Crippen molar-refractivity contribution in [3.05, 3.63) is 60.2 Å². The molecule has 1 N–H and O–H groups in total. The fraction of sp³-hybridized carbons (Fsp3) is 0.500. The number of nitrogens with one attached hydrogen (secondary N) is 1. The lowest BCUT2D eigenvalue weighted by Gasteiger charge is -2.36. The Morgan fingerprint density at radius 2 is 2.10 bits per heavy atom. The zero-order chi connectivity index (χ0) is 20.9. The molecule has 2 aliphatic rings. The molecular formula is C22H32IN7O. The number of nitrogens with zero attached hydrogens (tertiary/aromatic N) is 6. The zero-order valence-electron chi connectivity index (χ0n) is 18.3. The predicted octanol–water partition coefficient (Wildman–Crippen LogP) is 1.96. The van der Waals surface area contributed by atoms with Crippen LogP contribution in [0, 0.1) is 6.92 Å². The summed E-state index contributed by atoms with van der Waals surface area (Å²) in [6.07, 6.45) is 2.04. The molecule has 2 atom stereocenters. The van der Waals surface area contributed by atoms with Crippen LogP contribution >= 0.6 is 24.0 Å². The molecule has 0 radical (unpaired) electrons. The number of guanidine groups is 1. The Kier molecular flexibility index (Phi) is 8.44. The molecule has 1 aromatic heterocycles. The summed E-state index contributed by atoms with van der Waals surface area (Å²) in [5.41, 5.74) is 1.34. The van der Waals surface area contributed by atoms with Gasteiger partial charge in [-0.05, 0) is 12.5 Å². The van der Waals surface area contributed by atoms with Crippen LogP contribution in [-0.2, 0) is 24.9 Å². The maximum absolute atomic E-state index is 6.13. The van der Waals surface area contributed by atoms with Crippen molar-refractivity contribution >= 4 is 29.9 Å². The number of rotatable bonds is 6. The fourth-order valence-electron chi connectivity index (χ4n) is 4.11. The molecule has 2 unspecified atom stereocenters. The van der Waals surface area contributed by atoms with Crippen molar-refractivity contribution in [2.24, 2.45) is 12.0 Å². The molecule has 9 heteroatoms. The van der Waals surface area contributed by atoms with E-state index < -0.39 is 0 Å². The summed E-state index contributed by atoms with van der Waals surface area (Å²) in [5.74, 6) is 2.61. The third kappa shape index (κ3) is 5.64. The highest BCUT2D eigenvalue weighted by Crippen LogP contribution is 2.24. The minimum Gasteiger partial charge on any atom is -0.373 e. The van der Waals surface area contributed by atoms with Gasteiger partial charge in [0.1, 0.15) is 12.4 Å². The van der Waals surface area contributed by atoms with E-state index in [0.717, 1.165) is 50.4 Å². The highest BCUT2D eigenvalue weighted by atomic mass is 127. The topological polar surface area (TPSA) is 70.8 Å². The number of fused-ring (bicyclic) bond motifs is 1. The quantitative estimate of drug-likeness (QED) is 0.263. The Bertz CT molecular complexity index is 885. The number of benzene rings is 1. The number of morpholine rings is 1. The van der Waals surface area contributed by atoms with Crippen LogP contribution in [0.15, 0.2) is 48.0 Å². The Morgan fingerprint density at radius 3 is 2.81 bits per heavy atom. The number of aliphatic imine (C=N–C) groups is 1. The number of aryl methyl sites for hydroxylation is 1. The normalized spacial score (nSPS) is 21.5. The maximum atomic E-state index is 6.13. The van der Waals surface area contributed by atoms with Crippen LogP contribution in [-0.4, -0.2) is 75.5 Å². The number of hydrogen-bond acceptors (Lipinski definition) is 5. The van der Waals surface area contributed by atoms with Crippen LogP contribution in [0.4, 0.5) is 0 Å². The van der Waals surface area contributed by atoms with Crippen LogP contribution < -0.4 is 5.32 Å². The van der Waals surface area contributed by atoms with Gasteiger partial charge in [-0.2, -0.15) is 0 Å². The van der Waals surface area contributed by atoms with Gasteiger partial charge >= 0.3 is 0 Å². The first kappa shape index (κ1) is 23.7. The lowest BCUT2D eigenvalue weighted by Crippen LogP contribution is -2.50. The summed E-state index contributed by atoms with van der Waals surface area (Å²) in [6, 6.07) is 11.0. The van der Waals surface area contributed by atoms with E-state index in [2.05, 4.69) is 62.2 Å². The predicted molar refractivity (Wildman–Crippen MR) is 132 cm³/mol. The van der Waals surface area contributed by atoms with Crippen LogP contribution in [0.5, 0.6) is 0 Å². The van der Waals surface area contributed by atoms with E-state index in [9.17, 15) is 0 Å². The van der Waals surface area contributed by atoms with Gasteiger partial charge in [0.25, 0.3) is 0 Å². The second kappa shape index (κ2) is 11.1. The first-order valence-corrected chi connectivity index (χ1v) is 10.5. The van der Waals surface area contributed by atoms with E-state index in [1.165, 1.54) is 5.56 Å². The van der Waals surface area contributed by atoms with Crippen LogP contribution in [0.1, 0.15) is 17.2 Å². The lowest BCUT2D eigenvalue weighted by atomic mass is 10.1. The van der Waals surface area contributed by atoms with Crippen molar-refractivity contribution in [3.8, 4) is 0 Å². The summed E-state index contributed by atoms with van der Waals surface area (Å²) >= 11 is 0. The molecule has 2 aliphatic heterocycles. The minimum absolute atomic E-state index is 0. The number of halogens is 1. The van der Waals surface area contributed by atoms with E-state index in [1.54, 1.807) is 0 Å². The largest absolute Gasteiger partial charge is 0.373 e. The Labute approximate surface area is 201 Å². The molecule has 2 saturated heterocycles. The molecule has 0 aliphatic carbocycles. The highest BCUT2D eigenvalue weighted by Gasteiger charge is 2.41. The van der Waals surface area contributed by atoms with Gasteiger partial charge in [0.2, 0.25) is 0 Å². The van der Waals surface area contributed by atoms with Crippen molar-refractivity contribution in [2.75, 3.05) is 32.8 Å². The van der Waals surface area contributed by atoms with Crippen molar-refractivity contribution in [3.63, 3.8) is 0 Å². The summed E-state index contributed by atoms with van der Waals surface area (Å²) in [7, 11) is 1.97. The molecule has 0 bridgehead atoms. The van der Waals surface area contributed by atoms with E-state index in [0.29, 0.717) is 19.1 Å². The smallest absolute Gasteiger partial charge is 0.194 e. The number of likely N-dealkylation sites (tertiary alicyclic amines) is 1. The molecule has 4 rings (SSSR count). The minimum atomic E-state index is 0. The van der Waals surface area contributed by atoms with E-state index in [-0.39, 0.29) is 30.1 Å². The lowest BCUT2D eigenvalue weighted by molar-refractivity contribution is -0.0502. The van der Waals surface area contributed by atoms with Crippen molar-refractivity contribution < 1.29 is 4.74 Å². The van der Waals surface area contributed by atoms with Gasteiger partial charge in [0, 0.05) is 39.8 Å². The second-order valence-corrected chi connectivity index (χ2v) is 7.87. The van der Waals surface area contributed by atoms with Crippen LogP contribution in [0.2, 0.25) is 0 Å². The molecule has 1 aromatic carbocycles. The van der Waals surface area contributed by atoms with Crippen molar-refractivity contribution in [2.45, 2.75) is 32.2 Å². The average Bonchev–Trinajstić information content (AvgIpc) is 3.34. The van der Waals surface area contributed by atoms with E-state index in [4.69, 9.17) is 9.73 Å². The number of hydrogen-bond donors (Lipinski definition) is 1. The molecule has 31 heavy (non-hydrogen) atoms. The molecule has 2 aromatic rings. The molecule has 168 valence electrons. The molecule has 0 spiro atoms. The standard InChI is InChI=1S/C22H31N7O.HI/c1-4-10-23-22(24-13-21-26-25-17(2)27(21)3)29-15-19-20(16-29)30-12-11-28(19)14-18-8-6-5-7-9-18;/h4-9,19-20H,1,10-16H2,2-3H3,(H,23,24);1H. The third-order valence-corrected chi connectivity index (χ3v) is 5.90. The van der Waals surface area contributed by atoms with Gasteiger partial charge < -0.3 is 19.5 Å². The fourth-order valence-corrected chi connectivity index (χ4v) is 4.11. The highest BCUT2D eigenvalue weighted by molar-refractivity contribution is 14.0. The van der Waals surface area contributed by atoms with Gasteiger partial charge in [0.05, 0.1) is 18.8 Å². The molecular weight excluding hydrogens is 505 g/mol. The number of aromatic nitrogens is 3. The van der Waals surface area contributed by atoms with Gasteiger partial charge in [-0.1, -0.05) is 36.4 Å². The molecule has 3 heterocycles. The Hall–Kier alpha value is -1.98. The summed E-state index contributed by atoms with van der Waals surface area (Å²) in [5, 5.41) is 11.8. The number of ether oxygens (including phenoxy) is 1. The van der Waals surface area contributed by atoms with Gasteiger partial charge in [-0.15, -0.1) is 40.8 Å². The molecule has 0 amide bonds. The van der Waals surface area contributed by atoms with Gasteiger partial charge in [0.15, 0.2) is 11.8 Å². The average molecular weight is 537 g/mol. The SMILES string of the molecule is C=CCNC(=NCc1nnc(C)n1C)N1CC2OCCN(Cc3ccccc3)C2C1.I. The molecule has 0 saturated carbocycles. The third-order valence-electron chi connectivity index (χ3n) is 5.90. The summed E-state index contributed by atoms with van der Waals surface area (Å²) in [4.78, 5) is 9.68. The molecule has 8 nitrogen and oxygen atoms in total. The van der Waals surface area contributed by atoms with Crippen molar-refractivity contribution in [1.29, 1.82) is 0 Å². The van der Waals surface area contributed by atoms with E-state index in [1.807, 2.05) is 24.6 Å². The van der Waals surface area contributed by atoms with Crippen molar-refractivity contribution in [1.82, 2.24) is 29.9 Å².